The minimum Gasteiger partial charge on any atom is -0.497 e. The molecule has 5 rings (SSSR count). The largest absolute Gasteiger partial charge is 0.497 e. The van der Waals surface area contributed by atoms with Gasteiger partial charge in [0.25, 0.3) is 0 Å². The zero-order chi connectivity index (χ0) is 24.2. The number of rotatable bonds is 6. The standard InChI is InChI=1S/C29H31N3O3/c1-35-23-15-13-22(14-16-23)32-27(33)18-17-24(28(32)21-9-3-2-4-10-21)29(34)30-25-11-5-6-12-26(25)31-19-7-8-20-31/h2-6,9-16,24,28H,7-8,17-20H2,1H3,(H,30,34)/t24-,28-/m1/s1. The fourth-order valence-corrected chi connectivity index (χ4v) is 5.28. The van der Waals surface area contributed by atoms with Gasteiger partial charge in [-0.25, -0.2) is 0 Å². The molecule has 3 aromatic rings. The van der Waals surface area contributed by atoms with Gasteiger partial charge in [-0.2, -0.15) is 0 Å². The molecule has 180 valence electrons. The highest BCUT2D eigenvalue weighted by Gasteiger charge is 2.41. The van der Waals surface area contributed by atoms with Gasteiger partial charge in [-0.05, 0) is 61.2 Å². The summed E-state index contributed by atoms with van der Waals surface area (Å²) in [5, 5.41) is 3.22. The molecule has 1 N–H and O–H groups in total. The van der Waals surface area contributed by atoms with Crippen molar-refractivity contribution in [3.8, 4) is 5.75 Å². The highest BCUT2D eigenvalue weighted by molar-refractivity contribution is 6.01. The highest BCUT2D eigenvalue weighted by Crippen LogP contribution is 2.41. The normalized spacial score (nSPS) is 20.1. The van der Waals surface area contributed by atoms with Crippen LogP contribution in [0.5, 0.6) is 5.75 Å². The summed E-state index contributed by atoms with van der Waals surface area (Å²) in [6.45, 7) is 2.01. The minimum atomic E-state index is -0.398. The van der Waals surface area contributed by atoms with E-state index in [9.17, 15) is 9.59 Å². The molecule has 6 heteroatoms. The third kappa shape index (κ3) is 4.74. The molecular weight excluding hydrogens is 438 g/mol. The van der Waals surface area contributed by atoms with Crippen molar-refractivity contribution in [2.75, 3.05) is 35.3 Å². The first-order valence-electron chi connectivity index (χ1n) is 12.3. The topological polar surface area (TPSA) is 61.9 Å². The Kier molecular flexibility index (Phi) is 6.70. The van der Waals surface area contributed by atoms with Crippen LogP contribution in [0.1, 0.15) is 37.3 Å². The van der Waals surface area contributed by atoms with Gasteiger partial charge in [-0.1, -0.05) is 42.5 Å². The second-order valence-corrected chi connectivity index (χ2v) is 9.16. The Balaban J connectivity index is 1.48. The van der Waals surface area contributed by atoms with Crippen LogP contribution >= 0.6 is 0 Å². The van der Waals surface area contributed by atoms with Gasteiger partial charge in [0.05, 0.1) is 30.4 Å². The van der Waals surface area contributed by atoms with Crippen molar-refractivity contribution >= 4 is 28.9 Å². The molecule has 0 spiro atoms. The molecule has 0 radical (unpaired) electrons. The lowest BCUT2D eigenvalue weighted by molar-refractivity contribution is -0.125. The summed E-state index contributed by atoms with van der Waals surface area (Å²) < 4.78 is 5.30. The molecule has 2 saturated heterocycles. The van der Waals surface area contributed by atoms with E-state index in [2.05, 4.69) is 16.3 Å². The molecule has 2 heterocycles. The van der Waals surface area contributed by atoms with Gasteiger partial charge in [-0.15, -0.1) is 0 Å². The number of amides is 2. The average Bonchev–Trinajstić information content (AvgIpc) is 3.44. The molecule has 35 heavy (non-hydrogen) atoms. The maximum absolute atomic E-state index is 13.8. The third-order valence-corrected chi connectivity index (χ3v) is 7.03. The molecule has 0 aliphatic carbocycles. The Bertz CT molecular complexity index is 1170. The van der Waals surface area contributed by atoms with E-state index in [4.69, 9.17) is 4.74 Å². The summed E-state index contributed by atoms with van der Waals surface area (Å²) in [6.07, 6.45) is 3.16. The molecule has 0 saturated carbocycles. The lowest BCUT2D eigenvalue weighted by Gasteiger charge is -2.41. The molecule has 2 atom stereocenters. The Morgan fingerprint density at radius 1 is 0.914 bits per heavy atom. The molecule has 6 nitrogen and oxygen atoms in total. The predicted molar refractivity (Wildman–Crippen MR) is 139 cm³/mol. The number of nitrogens with zero attached hydrogens (tertiary/aromatic N) is 2. The second kappa shape index (κ2) is 10.2. The van der Waals surface area contributed by atoms with Gasteiger partial charge >= 0.3 is 0 Å². The number of benzene rings is 3. The van der Waals surface area contributed by atoms with Crippen LogP contribution < -0.4 is 19.9 Å². The number of hydrogen-bond acceptors (Lipinski definition) is 4. The Morgan fingerprint density at radius 3 is 2.31 bits per heavy atom. The van der Waals surface area contributed by atoms with Crippen molar-refractivity contribution in [3.05, 3.63) is 84.4 Å². The number of nitrogens with one attached hydrogen (secondary N) is 1. The zero-order valence-corrected chi connectivity index (χ0v) is 20.0. The maximum atomic E-state index is 13.8. The average molecular weight is 470 g/mol. The van der Waals surface area contributed by atoms with Crippen molar-refractivity contribution in [2.45, 2.75) is 31.7 Å². The number of anilines is 3. The summed E-state index contributed by atoms with van der Waals surface area (Å²) in [5.74, 6) is 0.299. The summed E-state index contributed by atoms with van der Waals surface area (Å²) in [7, 11) is 1.62. The SMILES string of the molecule is COc1ccc(N2C(=O)CC[C@@H](C(=O)Nc3ccccc3N3CCCC3)[C@H]2c2ccccc2)cc1. The van der Waals surface area contributed by atoms with E-state index in [1.54, 1.807) is 12.0 Å². The van der Waals surface area contributed by atoms with Gasteiger partial charge in [0.2, 0.25) is 11.8 Å². The summed E-state index contributed by atoms with van der Waals surface area (Å²) >= 11 is 0. The first-order chi connectivity index (χ1) is 17.2. The minimum absolute atomic E-state index is 0.0190. The van der Waals surface area contributed by atoms with E-state index in [0.29, 0.717) is 12.8 Å². The quantitative estimate of drug-likeness (QED) is 0.524. The maximum Gasteiger partial charge on any atom is 0.230 e. The van der Waals surface area contributed by atoms with Crippen LogP contribution in [0.4, 0.5) is 17.1 Å². The van der Waals surface area contributed by atoms with Crippen LogP contribution in [0.25, 0.3) is 0 Å². The number of methoxy groups -OCH3 is 1. The van der Waals surface area contributed by atoms with Gasteiger partial charge < -0.3 is 19.9 Å². The molecule has 3 aromatic carbocycles. The molecule has 2 amide bonds. The lowest BCUT2D eigenvalue weighted by Crippen LogP contribution is -2.47. The van der Waals surface area contributed by atoms with Gasteiger partial charge in [0.1, 0.15) is 5.75 Å². The Morgan fingerprint density at radius 2 is 1.60 bits per heavy atom. The Hall–Kier alpha value is -3.80. The van der Waals surface area contributed by atoms with Gasteiger partial charge in [0.15, 0.2) is 0 Å². The second-order valence-electron chi connectivity index (χ2n) is 9.16. The van der Waals surface area contributed by atoms with Crippen LogP contribution in [0.15, 0.2) is 78.9 Å². The van der Waals surface area contributed by atoms with Crippen LogP contribution in [0.2, 0.25) is 0 Å². The molecule has 0 bridgehead atoms. The van der Waals surface area contributed by atoms with Crippen molar-refractivity contribution < 1.29 is 14.3 Å². The van der Waals surface area contributed by atoms with Crippen molar-refractivity contribution in [3.63, 3.8) is 0 Å². The molecule has 0 unspecified atom stereocenters. The molecule has 2 aliphatic heterocycles. The summed E-state index contributed by atoms with van der Waals surface area (Å²) in [6, 6.07) is 24.9. The number of hydrogen-bond donors (Lipinski definition) is 1. The fourth-order valence-electron chi connectivity index (χ4n) is 5.28. The number of ether oxygens (including phenoxy) is 1. The Labute approximate surface area is 206 Å². The highest BCUT2D eigenvalue weighted by atomic mass is 16.5. The van der Waals surface area contributed by atoms with Crippen LogP contribution in [-0.2, 0) is 9.59 Å². The smallest absolute Gasteiger partial charge is 0.230 e. The van der Waals surface area contributed by atoms with E-state index in [-0.39, 0.29) is 17.7 Å². The molecule has 0 aromatic heterocycles. The number of carbonyl (C=O) groups excluding carboxylic acids is 2. The third-order valence-electron chi connectivity index (χ3n) is 7.03. The first kappa shape index (κ1) is 23.0. The number of carbonyl (C=O) groups is 2. The van der Waals surface area contributed by atoms with E-state index in [1.807, 2.05) is 72.8 Å². The molecule has 2 fully saturated rings. The van der Waals surface area contributed by atoms with Crippen molar-refractivity contribution in [1.29, 1.82) is 0 Å². The van der Waals surface area contributed by atoms with Crippen LogP contribution in [0.3, 0.4) is 0 Å². The van der Waals surface area contributed by atoms with Gasteiger partial charge in [0, 0.05) is 25.2 Å². The summed E-state index contributed by atoms with van der Waals surface area (Å²) in [4.78, 5) is 31.2. The van der Waals surface area contributed by atoms with E-state index >= 15 is 0 Å². The molecular formula is C29H31N3O3. The lowest BCUT2D eigenvalue weighted by atomic mass is 9.83. The van der Waals surface area contributed by atoms with Crippen LogP contribution in [-0.4, -0.2) is 32.0 Å². The monoisotopic (exact) mass is 469 g/mol. The number of para-hydroxylation sites is 2. The van der Waals surface area contributed by atoms with Gasteiger partial charge in [-0.3, -0.25) is 9.59 Å². The predicted octanol–water partition coefficient (Wildman–Crippen LogP) is 5.42. The van der Waals surface area contributed by atoms with Crippen LogP contribution in [0, 0.1) is 5.92 Å². The first-order valence-corrected chi connectivity index (χ1v) is 12.3. The zero-order valence-electron chi connectivity index (χ0n) is 20.0. The molecule has 2 aliphatic rings. The summed E-state index contributed by atoms with van der Waals surface area (Å²) in [5.41, 5.74) is 3.61. The van der Waals surface area contributed by atoms with E-state index < -0.39 is 6.04 Å². The van der Waals surface area contributed by atoms with E-state index in [1.165, 1.54) is 12.8 Å². The number of piperidine rings is 1. The van der Waals surface area contributed by atoms with Crippen molar-refractivity contribution in [2.24, 2.45) is 5.92 Å². The van der Waals surface area contributed by atoms with E-state index in [0.717, 1.165) is 41.5 Å². The fraction of sp³-hybridized carbons (Fsp3) is 0.310. The van der Waals surface area contributed by atoms with Crippen molar-refractivity contribution in [1.82, 2.24) is 0 Å².